The lowest BCUT2D eigenvalue weighted by Crippen LogP contribution is -2.40. The van der Waals surface area contributed by atoms with E-state index in [1.807, 2.05) is 31.2 Å². The molecule has 0 bridgehead atoms. The highest BCUT2D eigenvalue weighted by atomic mass is 35.5. The summed E-state index contributed by atoms with van der Waals surface area (Å²) in [6.45, 7) is 1.52. The van der Waals surface area contributed by atoms with Crippen LogP contribution in [-0.2, 0) is 9.59 Å². The third-order valence-electron chi connectivity index (χ3n) is 8.73. The van der Waals surface area contributed by atoms with E-state index < -0.39 is 47.2 Å². The maximum Gasteiger partial charge on any atom is 0.271 e. The number of rotatable bonds is 12. The van der Waals surface area contributed by atoms with Crippen molar-refractivity contribution >= 4 is 40.9 Å². The molecule has 240 valence electrons. The Morgan fingerprint density at radius 1 is 1.11 bits per heavy atom. The molecule has 1 heterocycles. The summed E-state index contributed by atoms with van der Waals surface area (Å²) in [6.07, 6.45) is 2.39. The lowest BCUT2D eigenvalue weighted by atomic mass is 9.68. The SMILES string of the molecule is CC/C(=C\c1ccc(O)cc1Cl)CC[C@@H](O)C1=C(COc2ccccc2)C[C@H]2C(=O)N(c3cccc([N+](=O)[O-])c3)C(=O)[C@H]2[C@H]1CO. The van der Waals surface area contributed by atoms with Crippen LogP contribution in [-0.4, -0.2) is 51.4 Å². The van der Waals surface area contributed by atoms with Gasteiger partial charge >= 0.3 is 0 Å². The molecule has 0 unspecified atom stereocenters. The summed E-state index contributed by atoms with van der Waals surface area (Å²) in [5, 5.41) is 43.9. The molecule has 1 aliphatic carbocycles. The Balaban J connectivity index is 1.46. The van der Waals surface area contributed by atoms with Crippen molar-refractivity contribution in [2.75, 3.05) is 18.1 Å². The molecule has 0 aromatic heterocycles. The van der Waals surface area contributed by atoms with E-state index in [0.29, 0.717) is 34.8 Å². The highest BCUT2D eigenvalue weighted by molar-refractivity contribution is 6.32. The Morgan fingerprint density at radius 3 is 2.54 bits per heavy atom. The van der Waals surface area contributed by atoms with Crippen LogP contribution in [0.1, 0.15) is 38.2 Å². The first-order valence-electron chi connectivity index (χ1n) is 15.1. The van der Waals surface area contributed by atoms with E-state index in [1.165, 1.54) is 30.3 Å². The maximum absolute atomic E-state index is 13.9. The number of aliphatic hydroxyl groups is 2. The Morgan fingerprint density at radius 2 is 1.87 bits per heavy atom. The molecule has 3 aromatic carbocycles. The Bertz CT molecular complexity index is 1690. The Kier molecular flexibility index (Phi) is 10.2. The van der Waals surface area contributed by atoms with Crippen molar-refractivity contribution in [1.29, 1.82) is 0 Å². The number of phenols is 1. The first-order valence-corrected chi connectivity index (χ1v) is 15.5. The number of phenolic OH excluding ortho intramolecular Hbond substituents is 1. The summed E-state index contributed by atoms with van der Waals surface area (Å²) in [4.78, 5) is 39.4. The number of fused-ring (bicyclic) bond motifs is 1. The van der Waals surface area contributed by atoms with E-state index in [2.05, 4.69) is 0 Å². The summed E-state index contributed by atoms with van der Waals surface area (Å²) < 4.78 is 6.05. The maximum atomic E-state index is 13.9. The lowest BCUT2D eigenvalue weighted by molar-refractivity contribution is -0.384. The van der Waals surface area contributed by atoms with E-state index in [4.69, 9.17) is 16.3 Å². The molecule has 3 N–H and O–H groups in total. The smallest absolute Gasteiger partial charge is 0.271 e. The molecule has 2 amide bonds. The molecular weight excluding hydrogens is 612 g/mol. The standard InChI is InChI=1S/C35H35ClN2O8/c1-2-21(15-22-12-13-26(40)18-30(22)36)11-14-31(41)32-23(20-46-27-9-4-3-5-10-27)16-28-33(29(32)19-39)35(43)37(34(28)42)24-7-6-8-25(17-24)38(44)45/h3-10,12-13,15,17-18,28-29,31,33,39-41H,2,11,14,16,19-20H2,1H3/b21-15+/t28-,29+,31-,33-/m1/s1. The number of benzene rings is 3. The number of anilines is 1. The van der Waals surface area contributed by atoms with Gasteiger partial charge in [0.05, 0.1) is 40.2 Å². The van der Waals surface area contributed by atoms with Gasteiger partial charge < -0.3 is 20.1 Å². The fourth-order valence-corrected chi connectivity index (χ4v) is 6.69. The zero-order valence-corrected chi connectivity index (χ0v) is 26.0. The minimum Gasteiger partial charge on any atom is -0.508 e. The van der Waals surface area contributed by atoms with Crippen molar-refractivity contribution in [3.05, 3.63) is 110 Å². The number of nitro benzene ring substituents is 1. The number of ether oxygens (including phenoxy) is 1. The van der Waals surface area contributed by atoms with E-state index >= 15 is 0 Å². The van der Waals surface area contributed by atoms with Crippen LogP contribution in [0.2, 0.25) is 5.02 Å². The summed E-state index contributed by atoms with van der Waals surface area (Å²) in [6, 6.07) is 19.1. The topological polar surface area (TPSA) is 150 Å². The number of para-hydroxylation sites is 1. The molecule has 3 aromatic rings. The normalized spacial score (nSPS) is 20.6. The molecular formula is C35H35ClN2O8. The van der Waals surface area contributed by atoms with Gasteiger partial charge in [0.1, 0.15) is 18.1 Å². The fourth-order valence-electron chi connectivity index (χ4n) is 6.46. The molecule has 0 spiro atoms. The van der Waals surface area contributed by atoms with Gasteiger partial charge in [0.25, 0.3) is 5.69 Å². The number of non-ortho nitro benzene ring substituents is 1. The molecule has 1 fully saturated rings. The van der Waals surface area contributed by atoms with Gasteiger partial charge in [0.15, 0.2) is 0 Å². The Hall–Kier alpha value is -4.51. The number of carbonyl (C=O) groups is 2. The van der Waals surface area contributed by atoms with Crippen LogP contribution in [0.4, 0.5) is 11.4 Å². The van der Waals surface area contributed by atoms with Crippen LogP contribution in [0, 0.1) is 27.9 Å². The number of hydrogen-bond donors (Lipinski definition) is 3. The first kappa shape index (κ1) is 32.9. The van der Waals surface area contributed by atoms with Crippen molar-refractivity contribution < 1.29 is 34.6 Å². The monoisotopic (exact) mass is 646 g/mol. The molecule has 5 rings (SSSR count). The van der Waals surface area contributed by atoms with Crippen molar-refractivity contribution in [3.8, 4) is 11.5 Å². The van der Waals surface area contributed by atoms with Crippen molar-refractivity contribution in [3.63, 3.8) is 0 Å². The lowest BCUT2D eigenvalue weighted by Gasteiger charge is -2.36. The highest BCUT2D eigenvalue weighted by Crippen LogP contribution is 2.47. The van der Waals surface area contributed by atoms with E-state index in [9.17, 15) is 35.0 Å². The van der Waals surface area contributed by atoms with Crippen LogP contribution < -0.4 is 9.64 Å². The van der Waals surface area contributed by atoms with Gasteiger partial charge in [-0.05, 0) is 78.8 Å². The average molecular weight is 647 g/mol. The first-order chi connectivity index (χ1) is 22.1. The fraction of sp³-hybridized carbons (Fsp3) is 0.314. The molecule has 0 saturated carbocycles. The molecule has 46 heavy (non-hydrogen) atoms. The number of nitro groups is 1. The highest BCUT2D eigenvalue weighted by Gasteiger charge is 2.55. The van der Waals surface area contributed by atoms with Gasteiger partial charge in [0.2, 0.25) is 11.8 Å². The minimum absolute atomic E-state index is 0.0357. The van der Waals surface area contributed by atoms with Gasteiger partial charge in [-0.15, -0.1) is 0 Å². The quantitative estimate of drug-likeness (QED) is 0.0927. The predicted molar refractivity (Wildman–Crippen MR) is 173 cm³/mol. The molecule has 2 aliphatic rings. The van der Waals surface area contributed by atoms with Crippen LogP contribution in [0.5, 0.6) is 11.5 Å². The molecule has 0 radical (unpaired) electrons. The van der Waals surface area contributed by atoms with Gasteiger partial charge in [-0.25, -0.2) is 4.90 Å². The number of carbonyl (C=O) groups excluding carboxylic acids is 2. The second-order valence-electron chi connectivity index (χ2n) is 11.5. The van der Waals surface area contributed by atoms with E-state index in [-0.39, 0.29) is 36.6 Å². The molecule has 4 atom stereocenters. The van der Waals surface area contributed by atoms with E-state index in [1.54, 1.807) is 24.3 Å². The van der Waals surface area contributed by atoms with Crippen molar-refractivity contribution in [2.45, 2.75) is 38.7 Å². The second-order valence-corrected chi connectivity index (χ2v) is 11.9. The number of nitrogens with zero attached hydrogens (tertiary/aromatic N) is 2. The second kappa shape index (κ2) is 14.3. The minimum atomic E-state index is -1.06. The Labute approximate surface area is 271 Å². The largest absolute Gasteiger partial charge is 0.508 e. The molecule has 1 saturated heterocycles. The summed E-state index contributed by atoms with van der Waals surface area (Å²) >= 11 is 6.31. The van der Waals surface area contributed by atoms with Crippen LogP contribution >= 0.6 is 11.6 Å². The number of halogens is 1. The van der Waals surface area contributed by atoms with Gasteiger partial charge in [-0.2, -0.15) is 0 Å². The van der Waals surface area contributed by atoms with Crippen LogP contribution in [0.15, 0.2) is 89.5 Å². The van der Waals surface area contributed by atoms with E-state index in [0.717, 1.165) is 16.0 Å². The third kappa shape index (κ3) is 6.84. The number of hydrogen-bond acceptors (Lipinski definition) is 8. The van der Waals surface area contributed by atoms with Gasteiger partial charge in [-0.1, -0.05) is 54.4 Å². The summed E-state index contributed by atoms with van der Waals surface area (Å²) in [7, 11) is 0. The summed E-state index contributed by atoms with van der Waals surface area (Å²) in [5.74, 6) is -3.11. The zero-order chi connectivity index (χ0) is 33.0. The van der Waals surface area contributed by atoms with Crippen molar-refractivity contribution in [2.24, 2.45) is 17.8 Å². The predicted octanol–water partition coefficient (Wildman–Crippen LogP) is 6.08. The third-order valence-corrected chi connectivity index (χ3v) is 9.06. The number of aliphatic hydroxyl groups excluding tert-OH is 2. The molecule has 10 nitrogen and oxygen atoms in total. The number of amides is 2. The van der Waals surface area contributed by atoms with Gasteiger partial charge in [-0.3, -0.25) is 19.7 Å². The number of imide groups is 1. The zero-order valence-electron chi connectivity index (χ0n) is 25.2. The van der Waals surface area contributed by atoms with Crippen LogP contribution in [0.3, 0.4) is 0 Å². The van der Waals surface area contributed by atoms with Gasteiger partial charge in [0, 0.05) is 18.1 Å². The molecule has 11 heteroatoms. The average Bonchev–Trinajstić information content (AvgIpc) is 3.31. The number of aromatic hydroxyl groups is 1. The summed E-state index contributed by atoms with van der Waals surface area (Å²) in [5.41, 5.74) is 2.65. The van der Waals surface area contributed by atoms with Crippen LogP contribution in [0.25, 0.3) is 6.08 Å². The number of allylic oxidation sites excluding steroid dienone is 1. The molecule has 1 aliphatic heterocycles. The van der Waals surface area contributed by atoms with Crippen molar-refractivity contribution in [1.82, 2.24) is 0 Å².